The number of carbonyl (C=O) groups excluding carboxylic acids is 2. The lowest BCUT2D eigenvalue weighted by Gasteiger charge is -2.30. The molecule has 1 saturated carbocycles. The molecule has 0 saturated heterocycles. The lowest BCUT2D eigenvalue weighted by Crippen LogP contribution is -2.46. The van der Waals surface area contributed by atoms with Gasteiger partial charge in [0.15, 0.2) is 6.10 Å². The molecule has 1 amide bonds. The third-order valence-electron chi connectivity index (χ3n) is 4.69. The molecule has 1 aliphatic carbocycles. The molecule has 0 aliphatic heterocycles. The van der Waals surface area contributed by atoms with Crippen LogP contribution in [-0.2, 0) is 9.53 Å². The Kier molecular flexibility index (Phi) is 5.80. The number of rotatable bonds is 4. The van der Waals surface area contributed by atoms with Crippen LogP contribution in [-0.4, -0.2) is 24.0 Å². The van der Waals surface area contributed by atoms with Crippen LogP contribution in [0, 0.1) is 19.8 Å². The summed E-state index contributed by atoms with van der Waals surface area (Å²) in [5.74, 6) is -0.168. The second-order valence-electron chi connectivity index (χ2n) is 6.74. The first-order chi connectivity index (χ1) is 10.9. The van der Waals surface area contributed by atoms with Crippen LogP contribution in [0.2, 0.25) is 0 Å². The standard InChI is InChI=1S/C19H27NO3/c1-12-9-10-16(14(3)11-12)19(22)23-15(4)18(21)20-17-8-6-5-7-13(17)2/h9-11,13,15,17H,5-8H2,1-4H3,(H,20,21)/t13-,15-,17+/m0/s1. The Morgan fingerprint density at radius 3 is 2.57 bits per heavy atom. The van der Waals surface area contributed by atoms with Crippen LogP contribution in [0.4, 0.5) is 0 Å². The van der Waals surface area contributed by atoms with Gasteiger partial charge < -0.3 is 10.1 Å². The van der Waals surface area contributed by atoms with Crippen molar-refractivity contribution in [2.24, 2.45) is 5.92 Å². The SMILES string of the molecule is Cc1ccc(C(=O)O[C@@H](C)C(=O)N[C@@H]2CCCC[C@@H]2C)c(C)c1. The van der Waals surface area contributed by atoms with Gasteiger partial charge in [0.1, 0.15) is 0 Å². The number of benzene rings is 1. The van der Waals surface area contributed by atoms with E-state index in [1.807, 2.05) is 26.0 Å². The summed E-state index contributed by atoms with van der Waals surface area (Å²) < 4.78 is 5.34. The second kappa shape index (κ2) is 7.62. The lowest BCUT2D eigenvalue weighted by molar-refractivity contribution is -0.130. The number of aryl methyl sites for hydroxylation is 2. The number of hydrogen-bond donors (Lipinski definition) is 1. The average molecular weight is 317 g/mol. The van der Waals surface area contributed by atoms with Crippen LogP contribution < -0.4 is 5.32 Å². The fourth-order valence-electron chi connectivity index (χ4n) is 3.15. The highest BCUT2D eigenvalue weighted by molar-refractivity contribution is 5.93. The van der Waals surface area contributed by atoms with Gasteiger partial charge in [0.25, 0.3) is 5.91 Å². The van der Waals surface area contributed by atoms with Crippen LogP contribution in [0.25, 0.3) is 0 Å². The van der Waals surface area contributed by atoms with Gasteiger partial charge in [-0.2, -0.15) is 0 Å². The highest BCUT2D eigenvalue weighted by Gasteiger charge is 2.26. The summed E-state index contributed by atoms with van der Waals surface area (Å²) >= 11 is 0. The normalized spacial score (nSPS) is 22.3. The maximum absolute atomic E-state index is 12.3. The molecule has 0 unspecified atom stereocenters. The Bertz CT molecular complexity index is 582. The quantitative estimate of drug-likeness (QED) is 0.864. The van der Waals surface area contributed by atoms with Gasteiger partial charge in [-0.15, -0.1) is 0 Å². The summed E-state index contributed by atoms with van der Waals surface area (Å²) in [6, 6.07) is 5.75. The van der Waals surface area contributed by atoms with E-state index in [1.54, 1.807) is 13.0 Å². The minimum Gasteiger partial charge on any atom is -0.449 e. The molecule has 2 rings (SSSR count). The van der Waals surface area contributed by atoms with E-state index in [9.17, 15) is 9.59 Å². The molecule has 0 spiro atoms. The molecule has 0 heterocycles. The van der Waals surface area contributed by atoms with Gasteiger partial charge in [0.2, 0.25) is 0 Å². The molecule has 0 radical (unpaired) electrons. The number of hydrogen-bond acceptors (Lipinski definition) is 3. The second-order valence-corrected chi connectivity index (χ2v) is 6.74. The van der Waals surface area contributed by atoms with E-state index < -0.39 is 12.1 Å². The zero-order valence-electron chi connectivity index (χ0n) is 14.5. The molecule has 1 aromatic carbocycles. The molecule has 1 aromatic rings. The minimum atomic E-state index is -0.780. The van der Waals surface area contributed by atoms with E-state index in [0.717, 1.165) is 30.4 Å². The predicted octanol–water partition coefficient (Wildman–Crippen LogP) is 3.54. The molecule has 1 fully saturated rings. The van der Waals surface area contributed by atoms with E-state index in [0.29, 0.717) is 11.5 Å². The van der Waals surface area contributed by atoms with E-state index in [4.69, 9.17) is 4.74 Å². The number of nitrogens with one attached hydrogen (secondary N) is 1. The summed E-state index contributed by atoms with van der Waals surface area (Å²) in [6.07, 6.45) is 3.74. The van der Waals surface area contributed by atoms with Gasteiger partial charge in [-0.1, -0.05) is 37.5 Å². The highest BCUT2D eigenvalue weighted by atomic mass is 16.5. The van der Waals surface area contributed by atoms with E-state index >= 15 is 0 Å². The highest BCUT2D eigenvalue weighted by Crippen LogP contribution is 2.23. The molecule has 1 aliphatic rings. The smallest absolute Gasteiger partial charge is 0.339 e. The van der Waals surface area contributed by atoms with Crippen molar-refractivity contribution in [1.82, 2.24) is 5.32 Å². The monoisotopic (exact) mass is 317 g/mol. The van der Waals surface area contributed by atoms with Gasteiger partial charge >= 0.3 is 5.97 Å². The first-order valence-corrected chi connectivity index (χ1v) is 8.47. The first kappa shape index (κ1) is 17.5. The van der Waals surface area contributed by atoms with Gasteiger partial charge in [0.05, 0.1) is 5.56 Å². The summed E-state index contributed by atoms with van der Waals surface area (Å²) in [7, 11) is 0. The number of amides is 1. The van der Waals surface area contributed by atoms with Crippen molar-refractivity contribution in [3.05, 3.63) is 34.9 Å². The van der Waals surface area contributed by atoms with Crippen LogP contribution in [0.1, 0.15) is 61.0 Å². The van der Waals surface area contributed by atoms with Crippen molar-refractivity contribution in [3.63, 3.8) is 0 Å². The van der Waals surface area contributed by atoms with Crippen molar-refractivity contribution in [2.75, 3.05) is 0 Å². The third kappa shape index (κ3) is 4.57. The molecule has 0 aromatic heterocycles. The number of esters is 1. The van der Waals surface area contributed by atoms with Crippen molar-refractivity contribution >= 4 is 11.9 Å². The van der Waals surface area contributed by atoms with Crippen LogP contribution in [0.15, 0.2) is 18.2 Å². The molecular weight excluding hydrogens is 290 g/mol. The zero-order valence-corrected chi connectivity index (χ0v) is 14.5. The Balaban J connectivity index is 1.93. The summed E-state index contributed by atoms with van der Waals surface area (Å²) in [6.45, 7) is 7.64. The van der Waals surface area contributed by atoms with Crippen LogP contribution in [0.3, 0.4) is 0 Å². The number of ether oxygens (including phenoxy) is 1. The van der Waals surface area contributed by atoms with Crippen molar-refractivity contribution in [2.45, 2.75) is 65.5 Å². The fourth-order valence-corrected chi connectivity index (χ4v) is 3.15. The fraction of sp³-hybridized carbons (Fsp3) is 0.579. The Hall–Kier alpha value is -1.84. The summed E-state index contributed by atoms with van der Waals surface area (Å²) in [5, 5.41) is 3.03. The van der Waals surface area contributed by atoms with Gasteiger partial charge in [0, 0.05) is 6.04 Å². The van der Waals surface area contributed by atoms with Gasteiger partial charge in [-0.3, -0.25) is 4.79 Å². The number of carbonyl (C=O) groups is 2. The summed E-state index contributed by atoms with van der Waals surface area (Å²) in [5.41, 5.74) is 2.47. The molecule has 3 atom stereocenters. The van der Waals surface area contributed by atoms with E-state index in [2.05, 4.69) is 12.2 Å². The Morgan fingerprint density at radius 1 is 1.22 bits per heavy atom. The van der Waals surface area contributed by atoms with Gasteiger partial charge in [-0.25, -0.2) is 4.79 Å². The van der Waals surface area contributed by atoms with Crippen molar-refractivity contribution in [1.29, 1.82) is 0 Å². The predicted molar refractivity (Wildman–Crippen MR) is 90.4 cm³/mol. The van der Waals surface area contributed by atoms with Crippen LogP contribution in [0.5, 0.6) is 0 Å². The molecule has 23 heavy (non-hydrogen) atoms. The maximum Gasteiger partial charge on any atom is 0.339 e. The molecule has 1 N–H and O–H groups in total. The Labute approximate surface area is 138 Å². The minimum absolute atomic E-state index is 0.193. The van der Waals surface area contributed by atoms with Crippen LogP contribution >= 0.6 is 0 Å². The van der Waals surface area contributed by atoms with Crippen molar-refractivity contribution in [3.8, 4) is 0 Å². The first-order valence-electron chi connectivity index (χ1n) is 8.47. The average Bonchev–Trinajstić information content (AvgIpc) is 2.49. The largest absolute Gasteiger partial charge is 0.449 e. The molecule has 126 valence electrons. The van der Waals surface area contributed by atoms with E-state index in [-0.39, 0.29) is 11.9 Å². The molecule has 0 bridgehead atoms. The zero-order chi connectivity index (χ0) is 17.0. The molecular formula is C19H27NO3. The van der Waals surface area contributed by atoms with Crippen molar-refractivity contribution < 1.29 is 14.3 Å². The molecule has 4 heteroatoms. The summed E-state index contributed by atoms with van der Waals surface area (Å²) in [4.78, 5) is 24.5. The Morgan fingerprint density at radius 2 is 1.91 bits per heavy atom. The lowest BCUT2D eigenvalue weighted by atomic mass is 9.86. The topological polar surface area (TPSA) is 55.4 Å². The maximum atomic E-state index is 12.3. The third-order valence-corrected chi connectivity index (χ3v) is 4.69. The van der Waals surface area contributed by atoms with Gasteiger partial charge in [-0.05, 0) is 51.2 Å². The van der Waals surface area contributed by atoms with E-state index in [1.165, 1.54) is 6.42 Å². The molecule has 4 nitrogen and oxygen atoms in total.